The van der Waals surface area contributed by atoms with Crippen LogP contribution in [0.15, 0.2) is 110 Å². The van der Waals surface area contributed by atoms with Crippen LogP contribution in [0, 0.1) is 11.6 Å². The smallest absolute Gasteiger partial charge is 0.305 e. The third kappa shape index (κ3) is 17.8. The van der Waals surface area contributed by atoms with Crippen LogP contribution in [-0.4, -0.2) is 156 Å². The summed E-state index contributed by atoms with van der Waals surface area (Å²) in [4.78, 5) is 170. The second-order valence-corrected chi connectivity index (χ2v) is 24.2. The number of ether oxygens (including phenoxy) is 1. The normalized spacial score (nSPS) is 22.9. The standard InChI is InChI=1S/C67H76F2N14O13/c1-36-60(89)78-52(26-41-33-73-49-21-16-43(69)28-47(41)49)62(91)77-50(19-14-40-32-72-48-20-15-42(68)27-46(40)48)61(90)80-54(30-58(86)87)64(93)79-53(29-44-34-71-35-75-44)63(92)81-55(25-38-12-17-45(96-3)18-13-38)65(94)83-23-5-22-67(83,2)66(95)82-51(59(70)88)24-37-8-10-39(11-9-37)31-74-56(84)6-4-7-57(85)76-36/h8-13,15-18,20-21,27-28,32-36,50-55,72-73H,4-7,14,19,22-26,29-31H2,1-3H3,(H2,70,88)(H,71,75)(H,74,84)(H,76,85)(H,77,91)(H,78,89)(H,79,93)(H,80,90)(H,81,92)(H,82,95)(H,86,87)/t36-,50+,51+,52+,53+,54+,55+,67+/m1/s1. The van der Waals surface area contributed by atoms with Gasteiger partial charge < -0.3 is 78.0 Å². The fourth-order valence-electron chi connectivity index (χ4n) is 11.9. The fraction of sp³-hybridized carbons (Fsp3) is 0.373. The number of halogens is 2. The number of aromatic nitrogens is 4. The van der Waals surface area contributed by atoms with Crippen LogP contribution in [0.25, 0.3) is 21.8 Å². The minimum absolute atomic E-state index is 0.0266. The topological polar surface area (TPSA) is 403 Å². The lowest BCUT2D eigenvalue weighted by molar-refractivity contribution is -0.147. The van der Waals surface area contributed by atoms with Crippen molar-refractivity contribution in [1.29, 1.82) is 0 Å². The molecule has 506 valence electrons. The number of imidazole rings is 1. The molecule has 7 aromatic rings. The van der Waals surface area contributed by atoms with E-state index in [9.17, 15) is 57.0 Å². The lowest BCUT2D eigenvalue weighted by atomic mass is 9.94. The van der Waals surface area contributed by atoms with Crippen molar-refractivity contribution in [2.24, 2.45) is 5.73 Å². The summed E-state index contributed by atoms with van der Waals surface area (Å²) in [5.41, 5.74) is 8.15. The van der Waals surface area contributed by atoms with Crippen molar-refractivity contribution in [3.05, 3.63) is 155 Å². The zero-order valence-electron chi connectivity index (χ0n) is 52.9. The van der Waals surface area contributed by atoms with Crippen LogP contribution in [0.2, 0.25) is 0 Å². The van der Waals surface area contributed by atoms with E-state index in [4.69, 9.17) is 10.5 Å². The molecule has 4 aromatic carbocycles. The number of nitrogens with one attached hydrogen (secondary N) is 11. The molecule has 27 nitrogen and oxygen atoms in total. The highest BCUT2D eigenvalue weighted by Gasteiger charge is 2.48. The van der Waals surface area contributed by atoms with Crippen LogP contribution < -0.4 is 53.0 Å². The van der Waals surface area contributed by atoms with Gasteiger partial charge in [-0.25, -0.2) is 13.8 Å². The Morgan fingerprint density at radius 2 is 1.24 bits per heavy atom. The van der Waals surface area contributed by atoms with E-state index in [1.165, 1.54) is 81.0 Å². The van der Waals surface area contributed by atoms with Crippen LogP contribution in [0.4, 0.5) is 8.78 Å². The number of benzene rings is 4. The van der Waals surface area contributed by atoms with Gasteiger partial charge >= 0.3 is 5.97 Å². The van der Waals surface area contributed by atoms with Gasteiger partial charge in [0.05, 0.1) is 19.9 Å². The Balaban J connectivity index is 1.06. The summed E-state index contributed by atoms with van der Waals surface area (Å²) in [5.74, 6) is -10.9. The van der Waals surface area contributed by atoms with E-state index in [1.807, 2.05) is 0 Å². The number of methoxy groups -OCH3 is 1. The monoisotopic (exact) mass is 1320 g/mol. The maximum absolute atomic E-state index is 15.2. The van der Waals surface area contributed by atoms with E-state index >= 15 is 9.59 Å². The Kier molecular flexibility index (Phi) is 22.6. The zero-order chi connectivity index (χ0) is 68.8. The van der Waals surface area contributed by atoms with E-state index in [2.05, 4.69) is 62.5 Å². The second-order valence-electron chi connectivity index (χ2n) is 24.2. The second kappa shape index (κ2) is 31.3. The van der Waals surface area contributed by atoms with E-state index in [1.54, 1.807) is 54.7 Å². The van der Waals surface area contributed by atoms with Gasteiger partial charge in [0.25, 0.3) is 0 Å². The number of carboxylic acids is 1. The van der Waals surface area contributed by atoms with Crippen LogP contribution in [0.5, 0.6) is 5.75 Å². The van der Waals surface area contributed by atoms with E-state index in [0.717, 1.165) is 0 Å². The Morgan fingerprint density at radius 1 is 0.656 bits per heavy atom. The molecule has 96 heavy (non-hydrogen) atoms. The number of hydrogen-bond donors (Lipinski definition) is 13. The molecule has 0 unspecified atom stereocenters. The molecule has 3 aliphatic heterocycles. The number of rotatable bonds is 13. The first-order valence-electron chi connectivity index (χ1n) is 31.3. The van der Waals surface area contributed by atoms with Crippen molar-refractivity contribution in [3.63, 3.8) is 0 Å². The summed E-state index contributed by atoms with van der Waals surface area (Å²) in [6, 6.07) is 10.3. The first kappa shape index (κ1) is 69.3. The highest BCUT2D eigenvalue weighted by molar-refractivity contribution is 6.00. The maximum atomic E-state index is 15.2. The number of aliphatic carboxylic acids is 1. The summed E-state index contributed by atoms with van der Waals surface area (Å²) >= 11 is 0. The Hall–Kier alpha value is -11.0. The number of hydrogen-bond acceptors (Lipinski definition) is 13. The maximum Gasteiger partial charge on any atom is 0.305 e. The van der Waals surface area contributed by atoms with Gasteiger partial charge in [-0.1, -0.05) is 36.4 Å². The van der Waals surface area contributed by atoms with Gasteiger partial charge in [0.2, 0.25) is 59.1 Å². The molecule has 3 aromatic heterocycles. The van der Waals surface area contributed by atoms with Crippen molar-refractivity contribution in [1.82, 2.24) is 67.4 Å². The van der Waals surface area contributed by atoms with Gasteiger partial charge in [0.15, 0.2) is 0 Å². The molecule has 1 fully saturated rings. The van der Waals surface area contributed by atoms with Crippen molar-refractivity contribution in [3.8, 4) is 5.75 Å². The number of aryl methyl sites for hydroxylation is 1. The largest absolute Gasteiger partial charge is 0.497 e. The Bertz CT molecular complexity index is 4030. The number of carbonyl (C=O) groups is 11. The Labute approximate surface area is 549 Å². The number of carboxylic acid groups (broad SMARTS) is 1. The van der Waals surface area contributed by atoms with Gasteiger partial charge in [-0.05, 0) is 122 Å². The Morgan fingerprint density at radius 3 is 1.89 bits per heavy atom. The molecule has 2 bridgehead atoms. The first-order valence-corrected chi connectivity index (χ1v) is 31.3. The van der Waals surface area contributed by atoms with Crippen LogP contribution in [0.3, 0.4) is 0 Å². The highest BCUT2D eigenvalue weighted by Crippen LogP contribution is 2.32. The van der Waals surface area contributed by atoms with Gasteiger partial charge in [0, 0.05) is 97.7 Å². The summed E-state index contributed by atoms with van der Waals surface area (Å²) in [6.07, 6.45) is 3.54. The third-order valence-electron chi connectivity index (χ3n) is 17.3. The molecular formula is C67H76F2N14O13. The number of aromatic amines is 3. The van der Waals surface area contributed by atoms with Crippen molar-refractivity contribution >= 4 is 86.8 Å². The van der Waals surface area contributed by atoms with Crippen LogP contribution >= 0.6 is 0 Å². The number of fused-ring (bicyclic) bond motifs is 31. The molecule has 0 saturated carbocycles. The number of nitrogens with two attached hydrogens (primary N) is 1. The molecular weight excluding hydrogens is 1250 g/mol. The molecule has 6 heterocycles. The van der Waals surface area contributed by atoms with E-state index < -0.39 is 131 Å². The highest BCUT2D eigenvalue weighted by atomic mass is 19.1. The molecule has 0 aliphatic carbocycles. The summed E-state index contributed by atoms with van der Waals surface area (Å²) in [6.45, 7) is 2.99. The van der Waals surface area contributed by atoms with Crippen molar-refractivity contribution in [2.75, 3.05) is 13.7 Å². The summed E-state index contributed by atoms with van der Waals surface area (Å²) in [7, 11) is 1.46. The van der Waals surface area contributed by atoms with Gasteiger partial charge in [-0.3, -0.25) is 52.7 Å². The van der Waals surface area contributed by atoms with Crippen LogP contribution in [0.1, 0.15) is 92.3 Å². The molecule has 10 amide bonds. The quantitative estimate of drug-likeness (QED) is 0.0736. The van der Waals surface area contributed by atoms with Gasteiger partial charge in [0.1, 0.15) is 65.2 Å². The molecule has 29 heteroatoms. The molecule has 3 aliphatic rings. The average Bonchev–Trinajstić information content (AvgIpc) is 1.57. The molecule has 1 saturated heterocycles. The number of primary amides is 1. The number of amides is 10. The fourth-order valence-corrected chi connectivity index (χ4v) is 11.9. The SMILES string of the molecule is COc1ccc(C[C@@H]2NC(=O)[C@H](Cc3cnc[nH]3)NC(=O)[C@H](CC(=O)O)NC(=O)[C@H](CCc3c[nH]c4ccc(F)cc34)NC(=O)[C@H](Cc3c[nH]c4ccc(F)cc34)NC(=O)[C@@H](C)NC(=O)CCCC(=O)NCc3ccc(cc3)C[C@@H](C(N)=O)NC(=O)[C@]3(C)CCCN3C2=O)cc1. The predicted octanol–water partition coefficient (Wildman–Crippen LogP) is 2.12. The number of H-pyrrole nitrogens is 3. The number of nitrogens with zero attached hydrogens (tertiary/aromatic N) is 2. The molecule has 8 atom stereocenters. The summed E-state index contributed by atoms with van der Waals surface area (Å²) < 4.78 is 34.9. The molecule has 0 radical (unpaired) electrons. The van der Waals surface area contributed by atoms with Crippen molar-refractivity contribution in [2.45, 2.75) is 145 Å². The summed E-state index contributed by atoms with van der Waals surface area (Å²) in [5, 5.41) is 32.2. The minimum Gasteiger partial charge on any atom is -0.497 e. The third-order valence-corrected chi connectivity index (χ3v) is 17.3. The van der Waals surface area contributed by atoms with Gasteiger partial charge in [-0.2, -0.15) is 0 Å². The first-order chi connectivity index (χ1) is 45.9. The van der Waals surface area contributed by atoms with E-state index in [0.29, 0.717) is 61.8 Å². The number of carbonyl (C=O) groups excluding carboxylic acids is 10. The van der Waals surface area contributed by atoms with Crippen LogP contribution in [-0.2, 0) is 91.4 Å². The van der Waals surface area contributed by atoms with E-state index in [-0.39, 0.29) is 83.0 Å². The van der Waals surface area contributed by atoms with Crippen molar-refractivity contribution < 1.29 is 71.4 Å². The lowest BCUT2D eigenvalue weighted by Crippen LogP contribution is -2.63. The lowest BCUT2D eigenvalue weighted by Gasteiger charge is -2.37. The minimum atomic E-state index is -2.00. The molecule has 14 N–H and O–H groups in total. The average molecular weight is 1320 g/mol. The molecule has 0 spiro atoms. The predicted molar refractivity (Wildman–Crippen MR) is 343 cm³/mol. The van der Waals surface area contributed by atoms with Gasteiger partial charge in [-0.15, -0.1) is 0 Å². The molecule has 10 rings (SSSR count). The zero-order valence-corrected chi connectivity index (χ0v) is 52.9.